The molecule has 0 atom stereocenters. The molecule has 2 aromatic carbocycles. The molecule has 0 radical (unpaired) electrons. The SMILES string of the molecule is N#CC(=Cc1cc(Br)ccc1O)C(=O)Nc1ccccc1C#N. The number of nitriles is 2. The standard InChI is InChI=1S/C17H10BrN3O2/c18-14-5-6-16(22)12(8-14)7-13(10-20)17(23)21-15-4-2-1-3-11(15)9-19/h1-8,22H,(H,21,23). The monoisotopic (exact) mass is 367 g/mol. The summed E-state index contributed by atoms with van der Waals surface area (Å²) < 4.78 is 0.703. The van der Waals surface area contributed by atoms with E-state index in [1.54, 1.807) is 42.5 Å². The lowest BCUT2D eigenvalue weighted by Crippen LogP contribution is -2.14. The van der Waals surface area contributed by atoms with Crippen molar-refractivity contribution in [3.8, 4) is 17.9 Å². The van der Waals surface area contributed by atoms with E-state index in [-0.39, 0.29) is 11.3 Å². The van der Waals surface area contributed by atoms with Gasteiger partial charge in [-0.05, 0) is 36.4 Å². The van der Waals surface area contributed by atoms with Gasteiger partial charge in [0.1, 0.15) is 23.5 Å². The number of carbonyl (C=O) groups excluding carboxylic acids is 1. The molecule has 0 bridgehead atoms. The molecular weight excluding hydrogens is 358 g/mol. The normalized spacial score (nSPS) is 10.5. The molecule has 0 saturated carbocycles. The van der Waals surface area contributed by atoms with Gasteiger partial charge in [0.25, 0.3) is 5.91 Å². The summed E-state index contributed by atoms with van der Waals surface area (Å²) in [5.74, 6) is -0.708. The smallest absolute Gasteiger partial charge is 0.266 e. The van der Waals surface area contributed by atoms with E-state index in [9.17, 15) is 15.2 Å². The molecule has 2 N–H and O–H groups in total. The summed E-state index contributed by atoms with van der Waals surface area (Å²) in [5.41, 5.74) is 0.758. The Hall–Kier alpha value is -3.09. The van der Waals surface area contributed by atoms with Crippen LogP contribution in [0.25, 0.3) is 6.08 Å². The fourth-order valence-corrected chi connectivity index (χ4v) is 2.20. The molecule has 112 valence electrons. The summed E-state index contributed by atoms with van der Waals surface area (Å²) in [6.45, 7) is 0. The number of aromatic hydroxyl groups is 1. The van der Waals surface area contributed by atoms with E-state index < -0.39 is 5.91 Å². The molecule has 1 amide bonds. The summed E-state index contributed by atoms with van der Waals surface area (Å²) in [5, 5.41) is 30.5. The molecule has 2 aromatic rings. The average molecular weight is 368 g/mol. The molecule has 5 nitrogen and oxygen atoms in total. The Balaban J connectivity index is 2.33. The number of hydrogen-bond acceptors (Lipinski definition) is 4. The van der Waals surface area contributed by atoms with Gasteiger partial charge in [0.2, 0.25) is 0 Å². The molecule has 0 unspecified atom stereocenters. The lowest BCUT2D eigenvalue weighted by atomic mass is 10.1. The molecule has 6 heteroatoms. The first-order valence-electron chi connectivity index (χ1n) is 6.46. The second-order valence-corrected chi connectivity index (χ2v) is 5.40. The van der Waals surface area contributed by atoms with Gasteiger partial charge in [0, 0.05) is 10.0 Å². The van der Waals surface area contributed by atoms with Crippen LogP contribution < -0.4 is 5.32 Å². The Bertz CT molecular complexity index is 876. The van der Waals surface area contributed by atoms with Crippen molar-refractivity contribution in [1.82, 2.24) is 0 Å². The molecule has 0 spiro atoms. The predicted molar refractivity (Wildman–Crippen MR) is 89.2 cm³/mol. The Morgan fingerprint density at radius 3 is 2.65 bits per heavy atom. The van der Waals surface area contributed by atoms with Crippen molar-refractivity contribution in [3.63, 3.8) is 0 Å². The summed E-state index contributed by atoms with van der Waals surface area (Å²) in [6.07, 6.45) is 1.28. The third-order valence-corrected chi connectivity index (χ3v) is 3.44. The van der Waals surface area contributed by atoms with Crippen LogP contribution in [-0.2, 0) is 4.79 Å². The van der Waals surface area contributed by atoms with Crippen molar-refractivity contribution in [2.24, 2.45) is 0 Å². The van der Waals surface area contributed by atoms with Crippen LogP contribution in [0.1, 0.15) is 11.1 Å². The van der Waals surface area contributed by atoms with Gasteiger partial charge in [0.05, 0.1) is 11.3 Å². The molecule has 0 aromatic heterocycles. The highest BCUT2D eigenvalue weighted by Crippen LogP contribution is 2.24. The minimum absolute atomic E-state index is 0.0498. The van der Waals surface area contributed by atoms with Crippen LogP contribution in [0.3, 0.4) is 0 Å². The molecular formula is C17H10BrN3O2. The number of carbonyl (C=O) groups is 1. The van der Waals surface area contributed by atoms with Crippen LogP contribution in [0, 0.1) is 22.7 Å². The van der Waals surface area contributed by atoms with Crippen LogP contribution in [0.5, 0.6) is 5.75 Å². The van der Waals surface area contributed by atoms with Crippen molar-refractivity contribution in [1.29, 1.82) is 10.5 Å². The van der Waals surface area contributed by atoms with Crippen molar-refractivity contribution >= 4 is 33.6 Å². The Morgan fingerprint density at radius 1 is 1.22 bits per heavy atom. The Labute approximate surface area is 141 Å². The van der Waals surface area contributed by atoms with E-state index in [0.29, 0.717) is 21.3 Å². The maximum absolute atomic E-state index is 12.2. The first kappa shape index (κ1) is 16.3. The number of phenolic OH excluding ortho intramolecular Hbond substituents is 1. The Morgan fingerprint density at radius 2 is 1.96 bits per heavy atom. The van der Waals surface area contributed by atoms with E-state index in [1.165, 1.54) is 12.1 Å². The number of anilines is 1. The van der Waals surface area contributed by atoms with E-state index in [1.807, 2.05) is 6.07 Å². The Kier molecular flexibility index (Phi) is 5.14. The third-order valence-electron chi connectivity index (χ3n) is 2.95. The van der Waals surface area contributed by atoms with Crippen LogP contribution in [0.2, 0.25) is 0 Å². The minimum atomic E-state index is -0.658. The second kappa shape index (κ2) is 7.26. The van der Waals surface area contributed by atoms with E-state index in [4.69, 9.17) is 5.26 Å². The van der Waals surface area contributed by atoms with Crippen molar-refractivity contribution < 1.29 is 9.90 Å². The average Bonchev–Trinajstić information content (AvgIpc) is 2.56. The number of hydrogen-bond donors (Lipinski definition) is 2. The van der Waals surface area contributed by atoms with E-state index >= 15 is 0 Å². The van der Waals surface area contributed by atoms with Gasteiger partial charge in [-0.3, -0.25) is 4.79 Å². The van der Waals surface area contributed by atoms with Crippen LogP contribution in [0.4, 0.5) is 5.69 Å². The highest BCUT2D eigenvalue weighted by Gasteiger charge is 2.12. The number of nitrogens with zero attached hydrogens (tertiary/aromatic N) is 2. The third kappa shape index (κ3) is 3.97. The van der Waals surface area contributed by atoms with Crippen molar-refractivity contribution in [2.75, 3.05) is 5.32 Å². The molecule has 0 heterocycles. The zero-order chi connectivity index (χ0) is 16.8. The fraction of sp³-hybridized carbons (Fsp3) is 0. The van der Waals surface area contributed by atoms with Crippen LogP contribution >= 0.6 is 15.9 Å². The van der Waals surface area contributed by atoms with Gasteiger partial charge in [-0.25, -0.2) is 0 Å². The van der Waals surface area contributed by atoms with Gasteiger partial charge in [-0.15, -0.1) is 0 Å². The van der Waals surface area contributed by atoms with Crippen molar-refractivity contribution in [2.45, 2.75) is 0 Å². The first-order chi connectivity index (χ1) is 11.0. The quantitative estimate of drug-likeness (QED) is 0.639. The van der Waals surface area contributed by atoms with Crippen molar-refractivity contribution in [3.05, 3.63) is 63.6 Å². The first-order valence-corrected chi connectivity index (χ1v) is 7.25. The van der Waals surface area contributed by atoms with Gasteiger partial charge in [0.15, 0.2) is 0 Å². The lowest BCUT2D eigenvalue weighted by Gasteiger charge is -2.06. The zero-order valence-electron chi connectivity index (χ0n) is 11.7. The minimum Gasteiger partial charge on any atom is -0.507 e. The molecule has 0 saturated heterocycles. The fourth-order valence-electron chi connectivity index (χ4n) is 1.82. The number of amides is 1. The molecule has 0 aliphatic carbocycles. The second-order valence-electron chi connectivity index (χ2n) is 4.48. The number of phenols is 1. The summed E-state index contributed by atoms with van der Waals surface area (Å²) in [4.78, 5) is 12.2. The van der Waals surface area contributed by atoms with E-state index in [0.717, 1.165) is 0 Å². The number of nitrogens with one attached hydrogen (secondary N) is 1. The topological polar surface area (TPSA) is 96.9 Å². The van der Waals surface area contributed by atoms with Crippen LogP contribution in [0.15, 0.2) is 52.5 Å². The largest absolute Gasteiger partial charge is 0.507 e. The number of benzene rings is 2. The highest BCUT2D eigenvalue weighted by molar-refractivity contribution is 9.10. The highest BCUT2D eigenvalue weighted by atomic mass is 79.9. The molecule has 2 rings (SSSR count). The summed E-state index contributed by atoms with van der Waals surface area (Å²) in [7, 11) is 0. The van der Waals surface area contributed by atoms with Gasteiger partial charge in [-0.1, -0.05) is 28.1 Å². The lowest BCUT2D eigenvalue weighted by molar-refractivity contribution is -0.112. The van der Waals surface area contributed by atoms with E-state index in [2.05, 4.69) is 21.2 Å². The number of rotatable bonds is 3. The molecule has 0 aliphatic rings. The maximum atomic E-state index is 12.2. The molecule has 0 fully saturated rings. The number of halogens is 1. The maximum Gasteiger partial charge on any atom is 0.266 e. The zero-order valence-corrected chi connectivity index (χ0v) is 13.3. The van der Waals surface area contributed by atoms with Crippen LogP contribution in [-0.4, -0.2) is 11.0 Å². The number of para-hydroxylation sites is 1. The summed E-state index contributed by atoms with van der Waals surface area (Å²) in [6, 6.07) is 14.9. The summed E-state index contributed by atoms with van der Waals surface area (Å²) >= 11 is 3.26. The van der Waals surface area contributed by atoms with Gasteiger partial charge in [-0.2, -0.15) is 10.5 Å². The predicted octanol–water partition coefficient (Wildman–Crippen LogP) is 3.57. The molecule has 23 heavy (non-hydrogen) atoms. The molecule has 0 aliphatic heterocycles. The van der Waals surface area contributed by atoms with Gasteiger partial charge >= 0.3 is 0 Å². The van der Waals surface area contributed by atoms with Gasteiger partial charge < -0.3 is 10.4 Å².